The minimum atomic E-state index is -0.00249. The molecule has 0 radical (unpaired) electrons. The minimum absolute atomic E-state index is 0.00249. The monoisotopic (exact) mass is 242 g/mol. The van der Waals surface area contributed by atoms with Gasteiger partial charge in [0.1, 0.15) is 6.23 Å². The zero-order valence-electron chi connectivity index (χ0n) is 10.8. The van der Waals surface area contributed by atoms with E-state index in [1.165, 1.54) is 5.56 Å². The fraction of sp³-hybridized carbons (Fsp3) is 0.400. The van der Waals surface area contributed by atoms with Crippen molar-refractivity contribution in [1.29, 1.82) is 5.26 Å². The van der Waals surface area contributed by atoms with Crippen molar-refractivity contribution >= 4 is 0 Å². The largest absolute Gasteiger partial charge is 0.363 e. The van der Waals surface area contributed by atoms with E-state index in [2.05, 4.69) is 23.5 Å². The molecule has 0 amide bonds. The maximum atomic E-state index is 9.32. The van der Waals surface area contributed by atoms with E-state index in [-0.39, 0.29) is 12.1 Å². The third-order valence-corrected chi connectivity index (χ3v) is 3.27. The molecule has 2 atom stereocenters. The molecule has 3 nitrogen and oxygen atoms in total. The number of allylic oxidation sites excluding steroid dienone is 2. The predicted molar refractivity (Wildman–Crippen MR) is 70.7 cm³/mol. The molecule has 0 spiro atoms. The second-order valence-electron chi connectivity index (χ2n) is 4.44. The van der Waals surface area contributed by atoms with Crippen LogP contribution < -0.4 is 5.32 Å². The van der Waals surface area contributed by atoms with E-state index >= 15 is 0 Å². The Labute approximate surface area is 108 Å². The Morgan fingerprint density at radius 2 is 2.11 bits per heavy atom. The van der Waals surface area contributed by atoms with Crippen LogP contribution in [0.3, 0.4) is 0 Å². The van der Waals surface area contributed by atoms with Crippen LogP contribution in [0.2, 0.25) is 0 Å². The summed E-state index contributed by atoms with van der Waals surface area (Å²) < 4.78 is 5.64. The zero-order valence-corrected chi connectivity index (χ0v) is 10.8. The standard InChI is InChI=1S/C15H18N2O/c1-3-18-15-9-13(12-7-5-4-6-8-12)14(10-16)11(2)17-15/h4-8,13,15,17H,3,9H2,1-2H3. The van der Waals surface area contributed by atoms with E-state index in [1.54, 1.807) is 0 Å². The number of benzene rings is 1. The lowest BCUT2D eigenvalue weighted by Crippen LogP contribution is -2.37. The summed E-state index contributed by atoms with van der Waals surface area (Å²) in [6.45, 7) is 4.60. The molecule has 0 bridgehead atoms. The first-order chi connectivity index (χ1) is 8.76. The van der Waals surface area contributed by atoms with Gasteiger partial charge in [-0.1, -0.05) is 30.3 Å². The van der Waals surface area contributed by atoms with Crippen molar-refractivity contribution in [2.24, 2.45) is 0 Å². The van der Waals surface area contributed by atoms with Crippen LogP contribution in [0, 0.1) is 11.3 Å². The predicted octanol–water partition coefficient (Wildman–Crippen LogP) is 2.92. The molecule has 1 heterocycles. The first-order valence-corrected chi connectivity index (χ1v) is 6.30. The van der Waals surface area contributed by atoms with Gasteiger partial charge in [0.05, 0.1) is 11.6 Å². The molecule has 0 aliphatic carbocycles. The minimum Gasteiger partial charge on any atom is -0.363 e. The smallest absolute Gasteiger partial charge is 0.128 e. The molecule has 94 valence electrons. The van der Waals surface area contributed by atoms with Crippen LogP contribution in [0.25, 0.3) is 0 Å². The number of nitrogens with zero attached hydrogens (tertiary/aromatic N) is 1. The number of rotatable bonds is 3. The molecule has 0 saturated carbocycles. The van der Waals surface area contributed by atoms with Gasteiger partial charge in [-0.3, -0.25) is 0 Å². The molecule has 0 fully saturated rings. The molecular formula is C15H18N2O. The molecule has 1 N–H and O–H groups in total. The van der Waals surface area contributed by atoms with Gasteiger partial charge in [0.2, 0.25) is 0 Å². The lowest BCUT2D eigenvalue weighted by molar-refractivity contribution is 0.0319. The molecular weight excluding hydrogens is 224 g/mol. The van der Waals surface area contributed by atoms with E-state index in [0.29, 0.717) is 6.61 Å². The van der Waals surface area contributed by atoms with Gasteiger partial charge in [-0.2, -0.15) is 5.26 Å². The molecule has 2 unspecified atom stereocenters. The molecule has 1 aliphatic heterocycles. The van der Waals surface area contributed by atoms with Gasteiger partial charge in [0.25, 0.3) is 0 Å². The Bertz CT molecular complexity index is 473. The van der Waals surface area contributed by atoms with Crippen molar-refractivity contribution in [3.05, 3.63) is 47.2 Å². The van der Waals surface area contributed by atoms with Crippen LogP contribution in [0.5, 0.6) is 0 Å². The highest BCUT2D eigenvalue weighted by Crippen LogP contribution is 2.33. The second kappa shape index (κ2) is 5.70. The van der Waals surface area contributed by atoms with Crippen molar-refractivity contribution in [2.45, 2.75) is 32.4 Å². The van der Waals surface area contributed by atoms with Crippen molar-refractivity contribution in [3.8, 4) is 6.07 Å². The van der Waals surface area contributed by atoms with E-state index in [9.17, 15) is 5.26 Å². The van der Waals surface area contributed by atoms with Gasteiger partial charge in [0, 0.05) is 24.6 Å². The number of ether oxygens (including phenoxy) is 1. The summed E-state index contributed by atoms with van der Waals surface area (Å²) in [6.07, 6.45) is 0.801. The zero-order chi connectivity index (χ0) is 13.0. The first kappa shape index (κ1) is 12.7. The second-order valence-corrected chi connectivity index (χ2v) is 4.44. The maximum Gasteiger partial charge on any atom is 0.128 e. The Morgan fingerprint density at radius 1 is 1.39 bits per heavy atom. The van der Waals surface area contributed by atoms with Crippen molar-refractivity contribution in [3.63, 3.8) is 0 Å². The van der Waals surface area contributed by atoms with Crippen LogP contribution in [0.15, 0.2) is 41.6 Å². The lowest BCUT2D eigenvalue weighted by atomic mass is 9.85. The number of nitrogens with one attached hydrogen (secondary N) is 1. The third-order valence-electron chi connectivity index (χ3n) is 3.27. The van der Waals surface area contributed by atoms with Gasteiger partial charge in [-0.25, -0.2) is 0 Å². The average Bonchev–Trinajstić information content (AvgIpc) is 2.39. The van der Waals surface area contributed by atoms with Crippen LogP contribution in [-0.2, 0) is 4.74 Å². The molecule has 0 saturated heterocycles. The summed E-state index contributed by atoms with van der Waals surface area (Å²) in [5.41, 5.74) is 2.92. The summed E-state index contributed by atoms with van der Waals surface area (Å²) in [5, 5.41) is 12.6. The molecule has 0 aromatic heterocycles. The summed E-state index contributed by atoms with van der Waals surface area (Å²) in [7, 11) is 0. The van der Waals surface area contributed by atoms with E-state index in [0.717, 1.165) is 17.7 Å². The highest BCUT2D eigenvalue weighted by Gasteiger charge is 2.28. The van der Waals surface area contributed by atoms with Crippen LogP contribution in [0.4, 0.5) is 0 Å². The van der Waals surface area contributed by atoms with Crippen molar-refractivity contribution in [2.75, 3.05) is 6.61 Å². The van der Waals surface area contributed by atoms with Gasteiger partial charge < -0.3 is 10.1 Å². The highest BCUT2D eigenvalue weighted by atomic mass is 16.5. The van der Waals surface area contributed by atoms with Crippen molar-refractivity contribution in [1.82, 2.24) is 5.32 Å². The number of hydrogen-bond acceptors (Lipinski definition) is 3. The van der Waals surface area contributed by atoms with Crippen LogP contribution in [0.1, 0.15) is 31.7 Å². The Hall–Kier alpha value is -1.79. The van der Waals surface area contributed by atoms with Crippen LogP contribution in [-0.4, -0.2) is 12.8 Å². The van der Waals surface area contributed by atoms with E-state index in [1.807, 2.05) is 32.0 Å². The first-order valence-electron chi connectivity index (χ1n) is 6.30. The third kappa shape index (κ3) is 2.55. The topological polar surface area (TPSA) is 45.0 Å². The summed E-state index contributed by atoms with van der Waals surface area (Å²) in [5.74, 6) is 0.133. The van der Waals surface area contributed by atoms with Gasteiger partial charge in [0.15, 0.2) is 0 Å². The molecule has 18 heavy (non-hydrogen) atoms. The molecule has 1 aromatic rings. The SMILES string of the molecule is CCOC1CC(c2ccccc2)C(C#N)=C(C)N1. The fourth-order valence-electron chi connectivity index (χ4n) is 2.43. The highest BCUT2D eigenvalue weighted by molar-refractivity contribution is 5.40. The van der Waals surface area contributed by atoms with E-state index < -0.39 is 0 Å². The quantitative estimate of drug-likeness (QED) is 0.886. The van der Waals surface area contributed by atoms with Crippen molar-refractivity contribution < 1.29 is 4.74 Å². The molecule has 2 rings (SSSR count). The van der Waals surface area contributed by atoms with Gasteiger partial charge in [-0.15, -0.1) is 0 Å². The maximum absolute atomic E-state index is 9.32. The Morgan fingerprint density at radius 3 is 2.72 bits per heavy atom. The summed E-state index contributed by atoms with van der Waals surface area (Å²) >= 11 is 0. The fourth-order valence-corrected chi connectivity index (χ4v) is 2.43. The van der Waals surface area contributed by atoms with E-state index in [4.69, 9.17) is 4.74 Å². The van der Waals surface area contributed by atoms with Gasteiger partial charge >= 0.3 is 0 Å². The lowest BCUT2D eigenvalue weighted by Gasteiger charge is -2.31. The van der Waals surface area contributed by atoms with Crippen LogP contribution >= 0.6 is 0 Å². The Kier molecular flexibility index (Phi) is 4.01. The Balaban J connectivity index is 2.32. The molecule has 1 aliphatic rings. The molecule has 3 heteroatoms. The summed E-state index contributed by atoms with van der Waals surface area (Å²) in [4.78, 5) is 0. The van der Waals surface area contributed by atoms with Gasteiger partial charge in [-0.05, 0) is 19.4 Å². The average molecular weight is 242 g/mol. The normalized spacial score (nSPS) is 23.4. The number of nitriles is 1. The molecule has 1 aromatic carbocycles. The summed E-state index contributed by atoms with van der Waals surface area (Å²) in [6, 6.07) is 12.5. The number of hydrogen-bond donors (Lipinski definition) is 1.